The second kappa shape index (κ2) is 5.45. The van der Waals surface area contributed by atoms with Crippen molar-refractivity contribution in [3.05, 3.63) is 46.7 Å². The fourth-order valence-electron chi connectivity index (χ4n) is 2.46. The molecule has 3 heterocycles. The summed E-state index contributed by atoms with van der Waals surface area (Å²) >= 11 is 2.67. The SMILES string of the molecule is NS(=O)(=O)C1=NN2CC(c3ccc(-c4ccsc4)cc3)N=C2S1. The number of sulfonamides is 1. The van der Waals surface area contributed by atoms with Crippen LogP contribution in [-0.2, 0) is 10.0 Å². The first kappa shape index (κ1) is 14.9. The molecule has 1 aromatic heterocycles. The second-order valence-corrected chi connectivity index (χ2v) is 8.63. The monoisotopic (exact) mass is 364 g/mol. The van der Waals surface area contributed by atoms with Crippen LogP contribution >= 0.6 is 23.1 Å². The van der Waals surface area contributed by atoms with E-state index in [1.54, 1.807) is 16.3 Å². The molecule has 0 amide bonds. The molecule has 0 spiro atoms. The number of hydrogen-bond acceptors (Lipinski definition) is 7. The van der Waals surface area contributed by atoms with Crippen molar-refractivity contribution in [2.45, 2.75) is 6.04 Å². The van der Waals surface area contributed by atoms with E-state index < -0.39 is 10.0 Å². The van der Waals surface area contributed by atoms with Gasteiger partial charge in [0.2, 0.25) is 4.38 Å². The van der Waals surface area contributed by atoms with Crippen molar-refractivity contribution < 1.29 is 8.42 Å². The lowest BCUT2D eigenvalue weighted by Gasteiger charge is -2.10. The Labute approximate surface area is 141 Å². The normalized spacial score (nSPS) is 20.4. The number of amidine groups is 1. The third-order valence-electron chi connectivity index (χ3n) is 3.61. The van der Waals surface area contributed by atoms with Crippen molar-refractivity contribution >= 4 is 42.7 Å². The third kappa shape index (κ3) is 2.80. The number of aliphatic imine (C=N–C) groups is 1. The minimum atomic E-state index is -3.77. The van der Waals surface area contributed by atoms with Crippen LogP contribution in [0.2, 0.25) is 0 Å². The van der Waals surface area contributed by atoms with Crippen molar-refractivity contribution in [3.63, 3.8) is 0 Å². The molecule has 4 rings (SSSR count). The molecule has 1 unspecified atom stereocenters. The van der Waals surface area contributed by atoms with Gasteiger partial charge in [-0.05, 0) is 45.3 Å². The van der Waals surface area contributed by atoms with Gasteiger partial charge in [-0.1, -0.05) is 24.3 Å². The molecule has 0 radical (unpaired) electrons. The maximum atomic E-state index is 11.3. The van der Waals surface area contributed by atoms with E-state index in [0.29, 0.717) is 11.7 Å². The highest BCUT2D eigenvalue weighted by Crippen LogP contribution is 2.35. The zero-order valence-electron chi connectivity index (χ0n) is 11.8. The van der Waals surface area contributed by atoms with E-state index in [1.807, 2.05) is 0 Å². The van der Waals surface area contributed by atoms with Gasteiger partial charge >= 0.3 is 0 Å². The molecule has 1 aromatic carbocycles. The van der Waals surface area contributed by atoms with Crippen LogP contribution in [0.25, 0.3) is 11.1 Å². The largest absolute Gasteiger partial charge is 0.264 e. The van der Waals surface area contributed by atoms with Gasteiger partial charge in [-0.15, -0.1) is 5.10 Å². The Balaban J connectivity index is 1.53. The molecule has 23 heavy (non-hydrogen) atoms. The number of nitrogens with zero attached hydrogens (tertiary/aromatic N) is 3. The number of thioether (sulfide) groups is 1. The highest BCUT2D eigenvalue weighted by atomic mass is 32.3. The lowest BCUT2D eigenvalue weighted by molar-refractivity contribution is 0.462. The summed E-state index contributed by atoms with van der Waals surface area (Å²) in [7, 11) is -3.77. The quantitative estimate of drug-likeness (QED) is 0.886. The summed E-state index contributed by atoms with van der Waals surface area (Å²) in [6.45, 7) is 0.527. The van der Waals surface area contributed by atoms with Crippen LogP contribution in [0.5, 0.6) is 0 Å². The van der Waals surface area contributed by atoms with Gasteiger partial charge in [0.05, 0.1) is 12.6 Å². The number of nitrogens with two attached hydrogens (primary N) is 1. The van der Waals surface area contributed by atoms with Crippen molar-refractivity contribution in [1.82, 2.24) is 5.01 Å². The van der Waals surface area contributed by atoms with Crippen molar-refractivity contribution in [2.75, 3.05) is 6.54 Å². The first-order valence-electron chi connectivity index (χ1n) is 6.78. The highest BCUT2D eigenvalue weighted by Gasteiger charge is 2.36. The average Bonchev–Trinajstić information content (AvgIpc) is 3.22. The van der Waals surface area contributed by atoms with Gasteiger partial charge in [-0.2, -0.15) is 11.3 Å². The van der Waals surface area contributed by atoms with Crippen molar-refractivity contribution in [3.8, 4) is 11.1 Å². The fraction of sp³-hybridized carbons (Fsp3) is 0.143. The summed E-state index contributed by atoms with van der Waals surface area (Å²) in [6, 6.07) is 10.3. The Kier molecular flexibility index (Phi) is 3.52. The van der Waals surface area contributed by atoms with E-state index in [9.17, 15) is 8.42 Å². The Morgan fingerprint density at radius 1 is 1.17 bits per heavy atom. The highest BCUT2D eigenvalue weighted by molar-refractivity contribution is 8.42. The van der Waals surface area contributed by atoms with Crippen LogP contribution in [0.4, 0.5) is 0 Å². The first-order chi connectivity index (χ1) is 11.0. The molecular weight excluding hydrogens is 352 g/mol. The lowest BCUT2D eigenvalue weighted by Crippen LogP contribution is -2.20. The van der Waals surface area contributed by atoms with Crippen LogP contribution in [0, 0.1) is 0 Å². The molecule has 0 bridgehead atoms. The van der Waals surface area contributed by atoms with Gasteiger partial charge in [-0.3, -0.25) is 4.99 Å². The van der Waals surface area contributed by atoms with Gasteiger partial charge in [-0.25, -0.2) is 18.6 Å². The van der Waals surface area contributed by atoms with Crippen LogP contribution in [0.1, 0.15) is 11.6 Å². The Morgan fingerprint density at radius 3 is 2.57 bits per heavy atom. The Hall–Kier alpha value is -1.68. The standard InChI is InChI=1S/C14H12N4O2S3/c15-23(19,20)14-17-18-7-12(16-13(18)22-14)10-3-1-9(2-4-10)11-5-6-21-8-11/h1-6,8,12H,7H2,(H2,15,19,20). The molecule has 0 fully saturated rings. The van der Waals surface area contributed by atoms with E-state index in [-0.39, 0.29) is 10.4 Å². The molecular formula is C14H12N4O2S3. The summed E-state index contributed by atoms with van der Waals surface area (Å²) in [6.07, 6.45) is 0. The van der Waals surface area contributed by atoms with Gasteiger partial charge < -0.3 is 0 Å². The predicted octanol–water partition coefficient (Wildman–Crippen LogP) is 2.43. The Bertz CT molecular complexity index is 902. The number of rotatable bonds is 2. The van der Waals surface area contributed by atoms with Crippen molar-refractivity contribution in [2.24, 2.45) is 15.2 Å². The molecule has 1 atom stereocenters. The molecule has 2 aliphatic heterocycles. The zero-order valence-corrected chi connectivity index (χ0v) is 14.2. The number of primary sulfonamides is 1. The third-order valence-corrected chi connectivity index (χ3v) is 6.56. The van der Waals surface area contributed by atoms with E-state index in [2.05, 4.69) is 51.2 Å². The molecule has 2 aliphatic rings. The average molecular weight is 364 g/mol. The summed E-state index contributed by atoms with van der Waals surface area (Å²) in [5, 5.41) is 15.5. The Morgan fingerprint density at radius 2 is 1.96 bits per heavy atom. The number of benzene rings is 1. The summed E-state index contributed by atoms with van der Waals surface area (Å²) in [4.78, 5) is 4.55. The number of thiophene rings is 1. The smallest absolute Gasteiger partial charge is 0.251 e. The number of hydrazone groups is 1. The summed E-state index contributed by atoms with van der Waals surface area (Å²) in [5.74, 6) is 0. The maximum absolute atomic E-state index is 11.3. The van der Waals surface area contributed by atoms with E-state index in [0.717, 1.165) is 17.3 Å². The fourth-order valence-corrected chi connectivity index (χ4v) is 4.73. The van der Waals surface area contributed by atoms with E-state index >= 15 is 0 Å². The lowest BCUT2D eigenvalue weighted by atomic mass is 10.0. The number of hydrogen-bond donors (Lipinski definition) is 1. The van der Waals surface area contributed by atoms with Gasteiger partial charge in [0, 0.05) is 0 Å². The van der Waals surface area contributed by atoms with Crippen LogP contribution < -0.4 is 5.14 Å². The topological polar surface area (TPSA) is 88.1 Å². The maximum Gasteiger partial charge on any atom is 0.264 e. The molecule has 9 heteroatoms. The summed E-state index contributed by atoms with van der Waals surface area (Å²) in [5.41, 5.74) is 3.46. The molecule has 0 saturated carbocycles. The van der Waals surface area contributed by atoms with Crippen LogP contribution in [-0.4, -0.2) is 29.5 Å². The molecule has 0 saturated heterocycles. The van der Waals surface area contributed by atoms with Gasteiger partial charge in [0.25, 0.3) is 10.0 Å². The minimum absolute atomic E-state index is 0.0418. The molecule has 6 nitrogen and oxygen atoms in total. The first-order valence-corrected chi connectivity index (χ1v) is 10.1. The van der Waals surface area contributed by atoms with Crippen molar-refractivity contribution in [1.29, 1.82) is 0 Å². The number of fused-ring (bicyclic) bond motifs is 1. The zero-order chi connectivity index (χ0) is 16.0. The van der Waals surface area contributed by atoms with E-state index in [1.165, 1.54) is 11.1 Å². The van der Waals surface area contributed by atoms with Gasteiger partial charge in [0.15, 0.2) is 5.17 Å². The van der Waals surface area contributed by atoms with Crippen LogP contribution in [0.15, 0.2) is 51.2 Å². The second-order valence-electron chi connectivity index (χ2n) is 5.16. The molecule has 0 aliphatic carbocycles. The summed E-state index contributed by atoms with van der Waals surface area (Å²) < 4.78 is 22.5. The molecule has 2 aromatic rings. The molecule has 118 valence electrons. The predicted molar refractivity (Wildman–Crippen MR) is 94.8 cm³/mol. The van der Waals surface area contributed by atoms with E-state index in [4.69, 9.17) is 5.14 Å². The minimum Gasteiger partial charge on any atom is -0.251 e. The molecule has 2 N–H and O–H groups in total. The van der Waals surface area contributed by atoms with Crippen LogP contribution in [0.3, 0.4) is 0 Å². The van der Waals surface area contributed by atoms with Gasteiger partial charge in [0.1, 0.15) is 0 Å².